The zero-order chi connectivity index (χ0) is 13.8. The van der Waals surface area contributed by atoms with Crippen LogP contribution in [0.1, 0.15) is 58.8 Å². The molecular formula is C15H35N3. The van der Waals surface area contributed by atoms with Crippen LogP contribution in [0.25, 0.3) is 0 Å². The van der Waals surface area contributed by atoms with Gasteiger partial charge in [0.15, 0.2) is 0 Å². The van der Waals surface area contributed by atoms with Crippen molar-refractivity contribution in [2.45, 2.75) is 76.9 Å². The number of rotatable bonds is 12. The van der Waals surface area contributed by atoms with Gasteiger partial charge in [-0.3, -0.25) is 0 Å². The van der Waals surface area contributed by atoms with Crippen LogP contribution in [0.2, 0.25) is 0 Å². The van der Waals surface area contributed by atoms with Crippen LogP contribution >= 0.6 is 0 Å². The van der Waals surface area contributed by atoms with Gasteiger partial charge in [-0.25, -0.2) is 0 Å². The fourth-order valence-electron chi connectivity index (χ4n) is 2.41. The zero-order valence-corrected chi connectivity index (χ0v) is 13.2. The SMILES string of the molecule is CCC(CCCC(CCCC(C)NC)NC)NC. The Morgan fingerprint density at radius 1 is 0.722 bits per heavy atom. The molecule has 0 fully saturated rings. The maximum atomic E-state index is 3.46. The lowest BCUT2D eigenvalue weighted by Gasteiger charge is -2.19. The standard InChI is InChI=1S/C15H35N3/c1-6-14(17-4)10-8-12-15(18-5)11-7-9-13(2)16-3/h13-18H,6-12H2,1-5H3. The Kier molecular flexibility index (Phi) is 11.9. The summed E-state index contributed by atoms with van der Waals surface area (Å²) < 4.78 is 0. The Morgan fingerprint density at radius 3 is 1.67 bits per heavy atom. The Bertz CT molecular complexity index is 169. The van der Waals surface area contributed by atoms with Crippen molar-refractivity contribution in [2.24, 2.45) is 0 Å². The van der Waals surface area contributed by atoms with Crippen molar-refractivity contribution in [1.82, 2.24) is 16.0 Å². The van der Waals surface area contributed by atoms with Gasteiger partial charge in [-0.1, -0.05) is 19.8 Å². The fraction of sp³-hybridized carbons (Fsp3) is 1.00. The van der Waals surface area contributed by atoms with Crippen molar-refractivity contribution in [3.8, 4) is 0 Å². The van der Waals surface area contributed by atoms with Gasteiger partial charge in [-0.2, -0.15) is 0 Å². The summed E-state index contributed by atoms with van der Waals surface area (Å²) in [4.78, 5) is 0. The van der Waals surface area contributed by atoms with E-state index in [1.807, 2.05) is 7.05 Å². The lowest BCUT2D eigenvalue weighted by Crippen LogP contribution is -2.28. The molecule has 0 aliphatic carbocycles. The normalized spacial score (nSPS) is 16.5. The molecule has 0 amide bonds. The van der Waals surface area contributed by atoms with Gasteiger partial charge in [0, 0.05) is 18.1 Å². The van der Waals surface area contributed by atoms with Crippen molar-refractivity contribution in [3.63, 3.8) is 0 Å². The Hall–Kier alpha value is -0.120. The number of hydrogen-bond acceptors (Lipinski definition) is 3. The van der Waals surface area contributed by atoms with Crippen LogP contribution in [0.5, 0.6) is 0 Å². The lowest BCUT2D eigenvalue weighted by molar-refractivity contribution is 0.407. The summed E-state index contributed by atoms with van der Waals surface area (Å²) in [5.74, 6) is 0. The molecule has 3 unspecified atom stereocenters. The molecule has 3 heteroatoms. The lowest BCUT2D eigenvalue weighted by atomic mass is 9.99. The molecule has 3 N–H and O–H groups in total. The molecule has 0 heterocycles. The molecule has 0 aliphatic rings. The van der Waals surface area contributed by atoms with Gasteiger partial charge in [0.25, 0.3) is 0 Å². The Labute approximate surface area is 114 Å². The highest BCUT2D eigenvalue weighted by Gasteiger charge is 2.09. The van der Waals surface area contributed by atoms with Crippen molar-refractivity contribution in [1.29, 1.82) is 0 Å². The van der Waals surface area contributed by atoms with E-state index in [9.17, 15) is 0 Å². The van der Waals surface area contributed by atoms with Crippen LogP contribution in [-0.2, 0) is 0 Å². The molecule has 3 nitrogen and oxygen atoms in total. The van der Waals surface area contributed by atoms with Crippen LogP contribution in [0.3, 0.4) is 0 Å². The zero-order valence-electron chi connectivity index (χ0n) is 13.2. The molecule has 3 atom stereocenters. The molecule has 0 rings (SSSR count). The molecule has 0 aromatic heterocycles. The van der Waals surface area contributed by atoms with Gasteiger partial charge in [0.05, 0.1) is 0 Å². The first-order valence-electron chi connectivity index (χ1n) is 7.69. The maximum absolute atomic E-state index is 3.46. The summed E-state index contributed by atoms with van der Waals surface area (Å²) in [6, 6.07) is 2.05. The largest absolute Gasteiger partial charge is 0.317 e. The minimum Gasteiger partial charge on any atom is -0.317 e. The van der Waals surface area contributed by atoms with Gasteiger partial charge in [-0.05, 0) is 60.2 Å². The molecule has 0 aromatic carbocycles. The first-order chi connectivity index (χ1) is 8.67. The van der Waals surface area contributed by atoms with Crippen molar-refractivity contribution < 1.29 is 0 Å². The molecule has 110 valence electrons. The van der Waals surface area contributed by atoms with Crippen molar-refractivity contribution >= 4 is 0 Å². The molecule has 0 aromatic rings. The summed E-state index contributed by atoms with van der Waals surface area (Å²) in [7, 11) is 6.22. The van der Waals surface area contributed by atoms with Crippen LogP contribution in [0.4, 0.5) is 0 Å². The second-order valence-electron chi connectivity index (χ2n) is 5.43. The van der Waals surface area contributed by atoms with Crippen LogP contribution in [0, 0.1) is 0 Å². The van der Waals surface area contributed by atoms with Gasteiger partial charge in [0.1, 0.15) is 0 Å². The molecule has 0 saturated heterocycles. The van der Waals surface area contributed by atoms with Gasteiger partial charge in [-0.15, -0.1) is 0 Å². The van der Waals surface area contributed by atoms with E-state index in [-0.39, 0.29) is 0 Å². The third-order valence-electron chi connectivity index (χ3n) is 4.10. The highest BCUT2D eigenvalue weighted by atomic mass is 14.9. The molecule has 0 bridgehead atoms. The van der Waals surface area contributed by atoms with E-state index in [0.29, 0.717) is 18.1 Å². The van der Waals surface area contributed by atoms with Crippen molar-refractivity contribution in [3.05, 3.63) is 0 Å². The summed E-state index contributed by atoms with van der Waals surface area (Å²) in [5.41, 5.74) is 0. The number of nitrogens with one attached hydrogen (secondary N) is 3. The second-order valence-corrected chi connectivity index (χ2v) is 5.43. The Balaban J connectivity index is 3.63. The predicted molar refractivity (Wildman–Crippen MR) is 82.2 cm³/mol. The van der Waals surface area contributed by atoms with Gasteiger partial charge in [0.2, 0.25) is 0 Å². The van der Waals surface area contributed by atoms with Crippen LogP contribution < -0.4 is 16.0 Å². The Morgan fingerprint density at radius 2 is 1.22 bits per heavy atom. The minimum atomic E-state index is 0.649. The van der Waals surface area contributed by atoms with E-state index in [1.165, 1.54) is 44.9 Å². The average Bonchev–Trinajstić information content (AvgIpc) is 2.41. The van der Waals surface area contributed by atoms with Crippen molar-refractivity contribution in [2.75, 3.05) is 21.1 Å². The highest BCUT2D eigenvalue weighted by Crippen LogP contribution is 2.11. The topological polar surface area (TPSA) is 36.1 Å². The van der Waals surface area contributed by atoms with Crippen LogP contribution in [0.15, 0.2) is 0 Å². The van der Waals surface area contributed by atoms with Gasteiger partial charge >= 0.3 is 0 Å². The summed E-state index contributed by atoms with van der Waals surface area (Å²) in [6.45, 7) is 4.52. The maximum Gasteiger partial charge on any atom is 0.00640 e. The van der Waals surface area contributed by atoms with E-state index in [4.69, 9.17) is 0 Å². The van der Waals surface area contributed by atoms with Gasteiger partial charge < -0.3 is 16.0 Å². The first-order valence-corrected chi connectivity index (χ1v) is 7.69. The fourth-order valence-corrected chi connectivity index (χ4v) is 2.41. The molecule has 0 spiro atoms. The predicted octanol–water partition coefficient (Wildman–Crippen LogP) is 2.52. The van der Waals surface area contributed by atoms with E-state index < -0.39 is 0 Å². The molecule has 0 saturated carbocycles. The second kappa shape index (κ2) is 11.9. The third kappa shape index (κ3) is 8.90. The smallest absolute Gasteiger partial charge is 0.00640 e. The van der Waals surface area contributed by atoms with E-state index in [0.717, 1.165) is 0 Å². The first kappa shape index (κ1) is 17.9. The summed E-state index contributed by atoms with van der Waals surface area (Å²) in [6.07, 6.45) is 9.08. The summed E-state index contributed by atoms with van der Waals surface area (Å²) >= 11 is 0. The monoisotopic (exact) mass is 257 g/mol. The molecular weight excluding hydrogens is 222 g/mol. The quantitative estimate of drug-likeness (QED) is 0.503. The molecule has 18 heavy (non-hydrogen) atoms. The number of hydrogen-bond donors (Lipinski definition) is 3. The minimum absolute atomic E-state index is 0.649. The van der Waals surface area contributed by atoms with E-state index in [1.54, 1.807) is 0 Å². The average molecular weight is 257 g/mol. The highest BCUT2D eigenvalue weighted by molar-refractivity contribution is 4.69. The molecule has 0 aliphatic heterocycles. The third-order valence-corrected chi connectivity index (χ3v) is 4.10. The van der Waals surface area contributed by atoms with Crippen LogP contribution in [-0.4, -0.2) is 39.3 Å². The van der Waals surface area contributed by atoms with E-state index in [2.05, 4.69) is 43.9 Å². The summed E-state index contributed by atoms with van der Waals surface area (Å²) in [5, 5.41) is 10.1. The van der Waals surface area contributed by atoms with E-state index >= 15 is 0 Å². The molecule has 0 radical (unpaired) electrons.